The lowest BCUT2D eigenvalue weighted by atomic mass is 10.1. The Hall–Kier alpha value is -2.37. The highest BCUT2D eigenvalue weighted by Gasteiger charge is 2.72. The minimum atomic E-state index is -0.194. The van der Waals surface area contributed by atoms with Gasteiger partial charge in [-0.05, 0) is 17.5 Å². The number of carbonyl (C=O) groups excluding carboxylic acids is 2. The number of nitrogen functional groups attached to an aromatic ring is 1. The van der Waals surface area contributed by atoms with Crippen LogP contribution in [-0.2, 0) is 16.1 Å². The van der Waals surface area contributed by atoms with Crippen LogP contribution in [0.5, 0.6) is 0 Å². The summed E-state index contributed by atoms with van der Waals surface area (Å²) in [6.45, 7) is 4.00. The third-order valence-corrected chi connectivity index (χ3v) is 4.64. The lowest BCUT2D eigenvalue weighted by Gasteiger charge is -2.18. The van der Waals surface area contributed by atoms with E-state index in [2.05, 4.69) is 4.98 Å². The van der Waals surface area contributed by atoms with Gasteiger partial charge in [-0.1, -0.05) is 13.8 Å². The Morgan fingerprint density at radius 1 is 1.29 bits per heavy atom. The Bertz CT molecular complexity index is 769. The number of carbonyl (C=O) groups is 2. The average Bonchev–Trinajstić information content (AvgIpc) is 2.68. The van der Waals surface area contributed by atoms with E-state index in [-0.39, 0.29) is 35.6 Å². The summed E-state index contributed by atoms with van der Waals surface area (Å²) in [5.74, 6) is -0.222. The highest BCUT2D eigenvalue weighted by Crippen LogP contribution is 2.63. The van der Waals surface area contributed by atoms with Crippen LogP contribution in [0.25, 0.3) is 11.1 Å². The molecule has 4 rings (SSSR count). The maximum absolute atomic E-state index is 12.3. The molecule has 6 heteroatoms. The van der Waals surface area contributed by atoms with E-state index in [4.69, 9.17) is 10.2 Å². The van der Waals surface area contributed by atoms with Crippen LogP contribution in [0, 0.1) is 17.3 Å². The number of hydrogen-bond donors (Lipinski definition) is 1. The standard InChI is InChI=1S/C15H15N3O3/c1-15(2)11-12(15)14(20)18(13(11)19)6-10-17-8-4-3-7(16)5-9(8)21-10/h3-5,11-12H,6,16H2,1-2H3. The number of rotatable bonds is 2. The maximum Gasteiger partial charge on any atom is 0.234 e. The zero-order valence-electron chi connectivity index (χ0n) is 11.8. The highest BCUT2D eigenvalue weighted by molar-refractivity contribution is 6.10. The van der Waals surface area contributed by atoms with Gasteiger partial charge in [-0.25, -0.2) is 4.98 Å². The fourth-order valence-electron chi connectivity index (χ4n) is 3.35. The van der Waals surface area contributed by atoms with Crippen LogP contribution in [0.3, 0.4) is 0 Å². The predicted molar refractivity (Wildman–Crippen MR) is 74.7 cm³/mol. The number of aromatic nitrogens is 1. The average molecular weight is 285 g/mol. The van der Waals surface area contributed by atoms with E-state index >= 15 is 0 Å². The van der Waals surface area contributed by atoms with Gasteiger partial charge in [-0.2, -0.15) is 0 Å². The molecule has 0 spiro atoms. The van der Waals surface area contributed by atoms with E-state index in [0.717, 1.165) is 0 Å². The molecule has 108 valence electrons. The molecule has 1 saturated carbocycles. The van der Waals surface area contributed by atoms with Crippen molar-refractivity contribution in [2.45, 2.75) is 20.4 Å². The first-order valence-electron chi connectivity index (χ1n) is 6.90. The van der Waals surface area contributed by atoms with Crippen LogP contribution in [0.4, 0.5) is 5.69 Å². The number of nitrogens with zero attached hydrogens (tertiary/aromatic N) is 2. The fraction of sp³-hybridized carbons (Fsp3) is 0.400. The van der Waals surface area contributed by atoms with Gasteiger partial charge in [0.05, 0.1) is 11.8 Å². The number of nitrogens with two attached hydrogens (primary N) is 1. The lowest BCUT2D eigenvalue weighted by Crippen LogP contribution is -2.35. The molecule has 0 radical (unpaired) electrons. The molecule has 0 bridgehead atoms. The van der Waals surface area contributed by atoms with E-state index in [1.807, 2.05) is 13.8 Å². The molecule has 21 heavy (non-hydrogen) atoms. The molecule has 1 aromatic carbocycles. The number of hydrogen-bond acceptors (Lipinski definition) is 5. The number of imide groups is 1. The predicted octanol–water partition coefficient (Wildman–Crippen LogP) is 1.55. The van der Waals surface area contributed by atoms with E-state index in [9.17, 15) is 9.59 Å². The molecule has 2 amide bonds. The normalized spacial score (nSPS) is 26.5. The number of likely N-dealkylation sites (tertiary alicyclic amines) is 1. The zero-order chi connectivity index (χ0) is 14.9. The van der Waals surface area contributed by atoms with Gasteiger partial charge in [0.1, 0.15) is 12.1 Å². The second-order valence-electron chi connectivity index (χ2n) is 6.37. The minimum absolute atomic E-state index is 0.0926. The number of piperidine rings is 1. The third-order valence-electron chi connectivity index (χ3n) is 4.64. The molecule has 2 heterocycles. The van der Waals surface area contributed by atoms with Crippen molar-refractivity contribution in [1.29, 1.82) is 0 Å². The van der Waals surface area contributed by atoms with Crippen LogP contribution in [0.2, 0.25) is 0 Å². The van der Waals surface area contributed by atoms with Crippen molar-refractivity contribution in [2.24, 2.45) is 17.3 Å². The van der Waals surface area contributed by atoms with Crippen molar-refractivity contribution in [3.8, 4) is 0 Å². The summed E-state index contributed by atoms with van der Waals surface area (Å²) in [5.41, 5.74) is 7.31. The molecule has 2 aromatic rings. The molecule has 2 N–H and O–H groups in total. The van der Waals surface area contributed by atoms with Crippen molar-refractivity contribution in [1.82, 2.24) is 9.88 Å². The van der Waals surface area contributed by atoms with Crippen LogP contribution in [0.1, 0.15) is 19.7 Å². The first-order chi connectivity index (χ1) is 9.89. The summed E-state index contributed by atoms with van der Waals surface area (Å²) >= 11 is 0. The second kappa shape index (κ2) is 3.63. The zero-order valence-corrected chi connectivity index (χ0v) is 11.8. The summed E-state index contributed by atoms with van der Waals surface area (Å²) in [5, 5.41) is 0. The van der Waals surface area contributed by atoms with Crippen molar-refractivity contribution in [3.63, 3.8) is 0 Å². The minimum Gasteiger partial charge on any atom is -0.439 e. The summed E-state index contributed by atoms with van der Waals surface area (Å²) < 4.78 is 5.57. The van der Waals surface area contributed by atoms with Crippen molar-refractivity contribution in [2.75, 3.05) is 5.73 Å². The number of amides is 2. The topological polar surface area (TPSA) is 89.4 Å². The Balaban J connectivity index is 1.61. The molecular formula is C15H15N3O3. The number of fused-ring (bicyclic) bond motifs is 2. The molecule has 2 aliphatic rings. The number of oxazole rings is 1. The molecular weight excluding hydrogens is 270 g/mol. The third kappa shape index (κ3) is 1.55. The van der Waals surface area contributed by atoms with Crippen LogP contribution < -0.4 is 5.73 Å². The van der Waals surface area contributed by atoms with Crippen LogP contribution >= 0.6 is 0 Å². The Labute approximate surface area is 120 Å². The Kier molecular flexibility index (Phi) is 2.14. The fourth-order valence-corrected chi connectivity index (χ4v) is 3.35. The Morgan fingerprint density at radius 3 is 2.62 bits per heavy atom. The van der Waals surface area contributed by atoms with Crippen molar-refractivity contribution < 1.29 is 14.0 Å². The Morgan fingerprint density at radius 2 is 1.95 bits per heavy atom. The van der Waals surface area contributed by atoms with Gasteiger partial charge in [0.25, 0.3) is 0 Å². The molecule has 1 saturated heterocycles. The largest absolute Gasteiger partial charge is 0.439 e. The van der Waals surface area contributed by atoms with E-state index in [0.29, 0.717) is 22.7 Å². The van der Waals surface area contributed by atoms with Crippen LogP contribution in [-0.4, -0.2) is 21.7 Å². The second-order valence-corrected chi connectivity index (χ2v) is 6.37. The van der Waals surface area contributed by atoms with Gasteiger partial charge in [0.2, 0.25) is 17.7 Å². The quantitative estimate of drug-likeness (QED) is 0.668. The van der Waals surface area contributed by atoms with E-state index < -0.39 is 0 Å². The molecule has 2 unspecified atom stereocenters. The van der Waals surface area contributed by atoms with Crippen molar-refractivity contribution >= 4 is 28.6 Å². The summed E-state index contributed by atoms with van der Waals surface area (Å²) in [4.78, 5) is 30.1. The van der Waals surface area contributed by atoms with E-state index in [1.165, 1.54) is 4.90 Å². The van der Waals surface area contributed by atoms with Gasteiger partial charge in [-0.15, -0.1) is 0 Å². The van der Waals surface area contributed by atoms with Gasteiger partial charge < -0.3 is 10.2 Å². The molecule has 6 nitrogen and oxygen atoms in total. The van der Waals surface area contributed by atoms with Gasteiger partial charge >= 0.3 is 0 Å². The highest BCUT2D eigenvalue weighted by atomic mass is 16.3. The van der Waals surface area contributed by atoms with Gasteiger partial charge in [0, 0.05) is 11.8 Å². The van der Waals surface area contributed by atoms with Gasteiger partial charge in [-0.3, -0.25) is 14.5 Å². The summed E-state index contributed by atoms with van der Waals surface area (Å²) in [6, 6.07) is 5.17. The summed E-state index contributed by atoms with van der Waals surface area (Å²) in [6.07, 6.45) is 0. The molecule has 1 aromatic heterocycles. The molecule has 1 aliphatic carbocycles. The monoisotopic (exact) mass is 285 g/mol. The molecule has 2 atom stereocenters. The first kappa shape index (κ1) is 12.4. The maximum atomic E-state index is 12.3. The number of benzene rings is 1. The number of anilines is 1. The van der Waals surface area contributed by atoms with Crippen molar-refractivity contribution in [3.05, 3.63) is 24.1 Å². The SMILES string of the molecule is CC1(C)C2C(=O)N(Cc3nc4ccc(N)cc4o3)C(=O)C21. The van der Waals surface area contributed by atoms with Crippen LogP contribution in [0.15, 0.2) is 22.6 Å². The first-order valence-corrected chi connectivity index (χ1v) is 6.90. The molecule has 2 fully saturated rings. The van der Waals surface area contributed by atoms with Gasteiger partial charge in [0.15, 0.2) is 5.58 Å². The molecule has 1 aliphatic heterocycles. The summed E-state index contributed by atoms with van der Waals surface area (Å²) in [7, 11) is 0. The van der Waals surface area contributed by atoms with E-state index in [1.54, 1.807) is 18.2 Å². The lowest BCUT2D eigenvalue weighted by molar-refractivity contribution is -0.144. The smallest absolute Gasteiger partial charge is 0.234 e.